The fourth-order valence-corrected chi connectivity index (χ4v) is 6.08. The molecule has 0 spiro atoms. The van der Waals surface area contributed by atoms with Crippen LogP contribution in [-0.4, -0.2) is 50.9 Å². The minimum atomic E-state index is -4.19. The van der Waals surface area contributed by atoms with E-state index in [9.17, 15) is 18.0 Å². The highest BCUT2D eigenvalue weighted by atomic mass is 35.5. The Hall–Kier alpha value is -3.27. The van der Waals surface area contributed by atoms with E-state index < -0.39 is 28.5 Å². The first-order valence-electron chi connectivity index (χ1n) is 12.7. The number of nitrogens with one attached hydrogen (secondary N) is 1. The first-order chi connectivity index (χ1) is 19.0. The number of carbonyl (C=O) groups excluding carboxylic acids is 2. The average Bonchev–Trinajstić information content (AvgIpc) is 2.93. The maximum absolute atomic E-state index is 14.1. The lowest BCUT2D eigenvalue weighted by atomic mass is 10.1. The number of sulfonamides is 1. The summed E-state index contributed by atoms with van der Waals surface area (Å²) in [5.74, 6) is -0.466. The number of halogens is 2. The summed E-state index contributed by atoms with van der Waals surface area (Å²) in [5.41, 5.74) is 0.751. The molecule has 0 aliphatic carbocycles. The van der Waals surface area contributed by atoms with Crippen LogP contribution in [0.3, 0.4) is 0 Å². The van der Waals surface area contributed by atoms with Crippen molar-refractivity contribution in [3.63, 3.8) is 0 Å². The van der Waals surface area contributed by atoms with Crippen LogP contribution >= 0.6 is 23.2 Å². The van der Waals surface area contributed by atoms with Crippen molar-refractivity contribution < 1.29 is 22.7 Å². The molecule has 8 nitrogen and oxygen atoms in total. The molecule has 2 amide bonds. The van der Waals surface area contributed by atoms with E-state index in [4.69, 9.17) is 27.9 Å². The minimum Gasteiger partial charge on any atom is -0.497 e. The van der Waals surface area contributed by atoms with Gasteiger partial charge in [0.05, 0.1) is 17.7 Å². The van der Waals surface area contributed by atoms with Crippen LogP contribution in [0.2, 0.25) is 10.0 Å². The monoisotopic (exact) mass is 605 g/mol. The van der Waals surface area contributed by atoms with E-state index >= 15 is 0 Å². The van der Waals surface area contributed by atoms with Crippen LogP contribution in [0, 0.1) is 0 Å². The highest BCUT2D eigenvalue weighted by molar-refractivity contribution is 7.92. The Bertz CT molecular complexity index is 1400. The number of amides is 2. The molecule has 214 valence electrons. The van der Waals surface area contributed by atoms with E-state index in [-0.39, 0.29) is 29.8 Å². The molecule has 0 bridgehead atoms. The summed E-state index contributed by atoms with van der Waals surface area (Å²) in [6.45, 7) is 4.77. The van der Waals surface area contributed by atoms with Gasteiger partial charge in [0.2, 0.25) is 11.8 Å². The van der Waals surface area contributed by atoms with Crippen molar-refractivity contribution >= 4 is 50.7 Å². The summed E-state index contributed by atoms with van der Waals surface area (Å²) in [4.78, 5) is 28.6. The Morgan fingerprint density at radius 2 is 1.52 bits per heavy atom. The second kappa shape index (κ2) is 13.9. The van der Waals surface area contributed by atoms with Gasteiger partial charge in [0, 0.05) is 28.2 Å². The molecule has 0 fully saturated rings. The maximum atomic E-state index is 14.1. The second-order valence-corrected chi connectivity index (χ2v) is 12.0. The van der Waals surface area contributed by atoms with E-state index in [1.54, 1.807) is 55.5 Å². The molecule has 3 aromatic rings. The van der Waals surface area contributed by atoms with Crippen LogP contribution in [0.1, 0.15) is 32.8 Å². The molecular formula is C29H33Cl2N3O5S. The van der Waals surface area contributed by atoms with Gasteiger partial charge in [-0.25, -0.2) is 8.42 Å². The molecular weight excluding hydrogens is 573 g/mol. The number of rotatable bonds is 12. The van der Waals surface area contributed by atoms with Gasteiger partial charge in [-0.15, -0.1) is 0 Å². The van der Waals surface area contributed by atoms with Crippen LogP contribution in [0.4, 0.5) is 5.69 Å². The highest BCUT2D eigenvalue weighted by Gasteiger charge is 2.34. The van der Waals surface area contributed by atoms with Gasteiger partial charge in [-0.05, 0) is 68.8 Å². The Morgan fingerprint density at radius 3 is 2.05 bits per heavy atom. The van der Waals surface area contributed by atoms with E-state index in [2.05, 4.69) is 5.32 Å². The van der Waals surface area contributed by atoms with Crippen LogP contribution in [-0.2, 0) is 26.2 Å². The lowest BCUT2D eigenvalue weighted by molar-refractivity contribution is -0.140. The first-order valence-corrected chi connectivity index (χ1v) is 14.9. The number of nitrogens with zero attached hydrogens (tertiary/aromatic N) is 2. The summed E-state index contributed by atoms with van der Waals surface area (Å²) in [6.07, 6.45) is 0.281. The molecule has 0 aromatic heterocycles. The van der Waals surface area contributed by atoms with Crippen molar-refractivity contribution in [2.75, 3.05) is 18.0 Å². The van der Waals surface area contributed by atoms with Crippen LogP contribution in [0.25, 0.3) is 0 Å². The van der Waals surface area contributed by atoms with Gasteiger partial charge in [0.1, 0.15) is 18.3 Å². The smallest absolute Gasteiger partial charge is 0.264 e. The maximum Gasteiger partial charge on any atom is 0.264 e. The molecule has 1 atom stereocenters. The summed E-state index contributed by atoms with van der Waals surface area (Å²) in [7, 11) is -2.71. The van der Waals surface area contributed by atoms with Crippen LogP contribution < -0.4 is 14.4 Å². The summed E-state index contributed by atoms with van der Waals surface area (Å²) >= 11 is 12.9. The van der Waals surface area contributed by atoms with Gasteiger partial charge >= 0.3 is 0 Å². The zero-order valence-electron chi connectivity index (χ0n) is 22.8. The molecule has 0 radical (unpaired) electrons. The first kappa shape index (κ1) is 31.3. The van der Waals surface area contributed by atoms with Crippen molar-refractivity contribution in [2.24, 2.45) is 0 Å². The molecule has 3 rings (SSSR count). The lowest BCUT2D eigenvalue weighted by Gasteiger charge is -2.34. The van der Waals surface area contributed by atoms with E-state index in [0.29, 0.717) is 27.0 Å². The zero-order valence-corrected chi connectivity index (χ0v) is 25.1. The third-order valence-corrected chi connectivity index (χ3v) is 8.67. The lowest BCUT2D eigenvalue weighted by Crippen LogP contribution is -2.53. The predicted octanol–water partition coefficient (Wildman–Crippen LogP) is 5.53. The summed E-state index contributed by atoms with van der Waals surface area (Å²) in [6, 6.07) is 18.1. The molecule has 1 unspecified atom stereocenters. The van der Waals surface area contributed by atoms with Crippen molar-refractivity contribution in [1.29, 1.82) is 0 Å². The van der Waals surface area contributed by atoms with Gasteiger partial charge < -0.3 is 15.0 Å². The van der Waals surface area contributed by atoms with Gasteiger partial charge in [-0.3, -0.25) is 13.9 Å². The van der Waals surface area contributed by atoms with Gasteiger partial charge in [-0.1, -0.05) is 54.4 Å². The predicted molar refractivity (Wildman–Crippen MR) is 158 cm³/mol. The quantitative estimate of drug-likeness (QED) is 0.293. The van der Waals surface area contributed by atoms with Crippen LogP contribution in [0.15, 0.2) is 77.7 Å². The third-order valence-electron chi connectivity index (χ3n) is 6.18. The van der Waals surface area contributed by atoms with Gasteiger partial charge in [0.15, 0.2) is 0 Å². The fourth-order valence-electron chi connectivity index (χ4n) is 4.15. The number of methoxy groups -OCH3 is 1. The number of ether oxygens (including phenoxy) is 1. The Kier molecular flexibility index (Phi) is 10.8. The van der Waals surface area contributed by atoms with Crippen molar-refractivity contribution in [3.05, 3.63) is 88.4 Å². The normalized spacial score (nSPS) is 12.1. The van der Waals surface area contributed by atoms with Gasteiger partial charge in [-0.2, -0.15) is 0 Å². The van der Waals surface area contributed by atoms with Crippen LogP contribution in [0.5, 0.6) is 5.75 Å². The highest BCUT2D eigenvalue weighted by Crippen LogP contribution is 2.29. The SMILES string of the molecule is CCC(C(=O)NC(C)C)N(Cc1c(Cl)cccc1Cl)C(=O)CN(c1ccccc1)S(=O)(=O)c1ccc(OC)cc1. The average molecular weight is 607 g/mol. The Balaban J connectivity index is 2.08. The minimum absolute atomic E-state index is 0.0183. The number of hydrogen-bond donors (Lipinski definition) is 1. The fraction of sp³-hybridized carbons (Fsp3) is 0.310. The molecule has 0 aliphatic heterocycles. The number of hydrogen-bond acceptors (Lipinski definition) is 5. The molecule has 11 heteroatoms. The van der Waals surface area contributed by atoms with E-state index in [1.807, 2.05) is 13.8 Å². The molecule has 0 aliphatic rings. The number of para-hydroxylation sites is 1. The number of anilines is 1. The second-order valence-electron chi connectivity index (χ2n) is 9.33. The third kappa shape index (κ3) is 7.47. The standard InChI is InChI=1S/C29H33Cl2N3O5S/c1-5-27(29(36)32-20(2)3)33(18-24-25(30)12-9-13-26(24)31)28(35)19-34(21-10-7-6-8-11-21)40(37,38)23-16-14-22(39-4)15-17-23/h6-17,20,27H,5,18-19H2,1-4H3,(H,32,36). The van der Waals surface area contributed by atoms with Gasteiger partial charge in [0.25, 0.3) is 10.0 Å². The topological polar surface area (TPSA) is 96.0 Å². The largest absolute Gasteiger partial charge is 0.497 e. The van der Waals surface area contributed by atoms with Crippen molar-refractivity contribution in [3.8, 4) is 5.75 Å². The summed E-state index contributed by atoms with van der Waals surface area (Å²) in [5, 5.41) is 3.51. The molecule has 0 heterocycles. The van der Waals surface area contributed by atoms with E-state index in [1.165, 1.54) is 36.3 Å². The summed E-state index contributed by atoms with van der Waals surface area (Å²) < 4.78 is 33.9. The zero-order chi connectivity index (χ0) is 29.4. The Labute approximate surface area is 245 Å². The van der Waals surface area contributed by atoms with Crippen molar-refractivity contribution in [2.45, 2.75) is 50.7 Å². The van der Waals surface area contributed by atoms with E-state index in [0.717, 1.165) is 4.31 Å². The molecule has 0 saturated carbocycles. The Morgan fingerprint density at radius 1 is 0.925 bits per heavy atom. The number of carbonyl (C=O) groups is 2. The molecule has 0 saturated heterocycles. The molecule has 3 aromatic carbocycles. The molecule has 40 heavy (non-hydrogen) atoms. The number of benzene rings is 3. The molecule has 1 N–H and O–H groups in total. The van der Waals surface area contributed by atoms with Crippen molar-refractivity contribution in [1.82, 2.24) is 10.2 Å².